The number of aromatic nitrogens is 7. The quantitative estimate of drug-likeness (QED) is 0.445. The van der Waals surface area contributed by atoms with Crippen molar-refractivity contribution < 1.29 is 9.21 Å². The van der Waals surface area contributed by atoms with Crippen molar-refractivity contribution >= 4 is 11.4 Å². The molecule has 34 heavy (non-hydrogen) atoms. The van der Waals surface area contributed by atoms with Crippen molar-refractivity contribution in [3.63, 3.8) is 0 Å². The molecule has 1 aliphatic carbocycles. The SMILES string of the molecule is O=C(c1nnc(-c2ccccn2)o1)N1CCc2[nH]cnc2C1c1cc2c(C3CC3)cccn2n1. The number of aromatic amines is 1. The molecule has 2 aliphatic rings. The maximum Gasteiger partial charge on any atom is 0.312 e. The highest BCUT2D eigenvalue weighted by molar-refractivity contribution is 5.90. The first-order valence-corrected chi connectivity index (χ1v) is 11.3. The molecule has 5 aromatic rings. The number of hydrogen-bond acceptors (Lipinski definition) is 7. The third kappa shape index (κ3) is 3.02. The van der Waals surface area contributed by atoms with Crippen molar-refractivity contribution in [2.24, 2.45) is 0 Å². The number of amides is 1. The van der Waals surface area contributed by atoms with Gasteiger partial charge in [0.25, 0.3) is 5.89 Å². The van der Waals surface area contributed by atoms with Crippen LogP contribution in [-0.4, -0.2) is 52.1 Å². The Balaban J connectivity index is 1.29. The first-order valence-electron chi connectivity index (χ1n) is 11.3. The summed E-state index contributed by atoms with van der Waals surface area (Å²) in [6, 6.07) is 11.2. The minimum atomic E-state index is -0.459. The zero-order valence-corrected chi connectivity index (χ0v) is 18.1. The molecule has 1 amide bonds. The van der Waals surface area contributed by atoms with Crippen molar-refractivity contribution in [3.05, 3.63) is 83.7 Å². The Hall–Kier alpha value is -4.34. The van der Waals surface area contributed by atoms with Gasteiger partial charge in [-0.1, -0.05) is 12.1 Å². The van der Waals surface area contributed by atoms with Gasteiger partial charge < -0.3 is 14.3 Å². The Labute approximate surface area is 193 Å². The van der Waals surface area contributed by atoms with E-state index in [4.69, 9.17) is 9.52 Å². The largest absolute Gasteiger partial charge is 0.411 e. The van der Waals surface area contributed by atoms with Crippen LogP contribution in [0.1, 0.15) is 58.1 Å². The van der Waals surface area contributed by atoms with Gasteiger partial charge in [0, 0.05) is 31.1 Å². The van der Waals surface area contributed by atoms with Crippen molar-refractivity contribution in [3.8, 4) is 11.6 Å². The number of rotatable bonds is 4. The predicted octanol–water partition coefficient (Wildman–Crippen LogP) is 3.17. The highest BCUT2D eigenvalue weighted by atomic mass is 16.4. The second-order valence-electron chi connectivity index (χ2n) is 8.68. The fraction of sp³-hybridized carbons (Fsp3) is 0.250. The van der Waals surface area contributed by atoms with Crippen LogP contribution >= 0.6 is 0 Å². The van der Waals surface area contributed by atoms with Crippen LogP contribution in [0.3, 0.4) is 0 Å². The van der Waals surface area contributed by atoms with Crippen LogP contribution in [-0.2, 0) is 6.42 Å². The normalized spacial score (nSPS) is 17.8. The lowest BCUT2D eigenvalue weighted by Gasteiger charge is -2.32. The Kier molecular flexibility index (Phi) is 4.14. The third-order valence-corrected chi connectivity index (χ3v) is 6.53. The van der Waals surface area contributed by atoms with E-state index in [9.17, 15) is 4.79 Å². The summed E-state index contributed by atoms with van der Waals surface area (Å²) < 4.78 is 7.63. The van der Waals surface area contributed by atoms with E-state index in [2.05, 4.69) is 37.3 Å². The van der Waals surface area contributed by atoms with Crippen LogP contribution in [0.25, 0.3) is 17.1 Å². The van der Waals surface area contributed by atoms with E-state index in [1.807, 2.05) is 22.8 Å². The number of fused-ring (bicyclic) bond motifs is 2. The zero-order chi connectivity index (χ0) is 22.6. The van der Waals surface area contributed by atoms with Gasteiger partial charge in [-0.05, 0) is 48.6 Å². The van der Waals surface area contributed by atoms with Crippen molar-refractivity contribution in [1.82, 2.24) is 39.7 Å². The summed E-state index contributed by atoms with van der Waals surface area (Å²) in [7, 11) is 0. The number of hydrogen-bond donors (Lipinski definition) is 1. The number of carbonyl (C=O) groups excluding carboxylic acids is 1. The van der Waals surface area contributed by atoms with Gasteiger partial charge in [0.15, 0.2) is 0 Å². The lowest BCUT2D eigenvalue weighted by molar-refractivity contribution is 0.0646. The lowest BCUT2D eigenvalue weighted by Crippen LogP contribution is -2.41. The molecule has 168 valence electrons. The molecular weight excluding hydrogens is 432 g/mol. The van der Waals surface area contributed by atoms with Crippen LogP contribution in [0.5, 0.6) is 0 Å². The highest BCUT2D eigenvalue weighted by Crippen LogP contribution is 2.43. The molecule has 10 nitrogen and oxygen atoms in total. The molecule has 0 radical (unpaired) electrons. The summed E-state index contributed by atoms with van der Waals surface area (Å²) in [5.41, 5.74) is 5.46. The Morgan fingerprint density at radius 3 is 2.91 bits per heavy atom. The maximum atomic E-state index is 13.6. The molecule has 1 saturated carbocycles. The number of H-pyrrole nitrogens is 1. The minimum Gasteiger partial charge on any atom is -0.411 e. The Morgan fingerprint density at radius 2 is 2.06 bits per heavy atom. The summed E-state index contributed by atoms with van der Waals surface area (Å²) >= 11 is 0. The van der Waals surface area contributed by atoms with E-state index in [1.165, 1.54) is 18.4 Å². The monoisotopic (exact) mass is 452 g/mol. The van der Waals surface area contributed by atoms with Gasteiger partial charge in [-0.3, -0.25) is 9.78 Å². The Morgan fingerprint density at radius 1 is 1.12 bits per heavy atom. The molecule has 1 fully saturated rings. The van der Waals surface area contributed by atoms with Crippen LogP contribution in [0, 0.1) is 0 Å². The summed E-state index contributed by atoms with van der Waals surface area (Å²) in [6.07, 6.45) is 8.31. The number of carbonyl (C=O) groups is 1. The topological polar surface area (TPSA) is 118 Å². The van der Waals surface area contributed by atoms with Gasteiger partial charge in [-0.15, -0.1) is 10.2 Å². The lowest BCUT2D eigenvalue weighted by atomic mass is 9.99. The number of pyridine rings is 2. The van der Waals surface area contributed by atoms with E-state index in [0.29, 0.717) is 24.6 Å². The van der Waals surface area contributed by atoms with E-state index in [1.54, 1.807) is 29.6 Å². The molecule has 0 aromatic carbocycles. The summed E-state index contributed by atoms with van der Waals surface area (Å²) in [6.45, 7) is 0.476. The molecule has 6 heterocycles. The van der Waals surface area contributed by atoms with E-state index in [-0.39, 0.29) is 17.7 Å². The van der Waals surface area contributed by atoms with Crippen LogP contribution in [0.2, 0.25) is 0 Å². The van der Waals surface area contributed by atoms with E-state index < -0.39 is 6.04 Å². The number of imidazole rings is 1. The number of nitrogens with one attached hydrogen (secondary N) is 1. The first-order chi connectivity index (χ1) is 16.8. The molecule has 0 saturated heterocycles. The molecule has 0 spiro atoms. The molecule has 7 rings (SSSR count). The smallest absolute Gasteiger partial charge is 0.312 e. The van der Waals surface area contributed by atoms with Crippen molar-refractivity contribution in [1.29, 1.82) is 0 Å². The highest BCUT2D eigenvalue weighted by Gasteiger charge is 2.38. The van der Waals surface area contributed by atoms with Gasteiger partial charge in [-0.25, -0.2) is 9.50 Å². The van der Waals surface area contributed by atoms with E-state index >= 15 is 0 Å². The molecule has 10 heteroatoms. The van der Waals surface area contributed by atoms with Gasteiger partial charge in [0.1, 0.15) is 11.7 Å². The summed E-state index contributed by atoms with van der Waals surface area (Å²) in [5, 5.41) is 12.9. The van der Waals surface area contributed by atoms with Gasteiger partial charge in [0.2, 0.25) is 0 Å². The van der Waals surface area contributed by atoms with E-state index in [0.717, 1.165) is 22.6 Å². The molecule has 1 atom stereocenters. The van der Waals surface area contributed by atoms with Crippen molar-refractivity contribution in [2.75, 3.05) is 6.54 Å². The molecular formula is C24H20N8O2. The molecule has 5 aromatic heterocycles. The average Bonchev–Trinajstić information content (AvgIpc) is 3.27. The second kappa shape index (κ2) is 7.34. The minimum absolute atomic E-state index is 0.0768. The summed E-state index contributed by atoms with van der Waals surface area (Å²) in [4.78, 5) is 27.3. The average molecular weight is 452 g/mol. The van der Waals surface area contributed by atoms with Gasteiger partial charge in [-0.2, -0.15) is 5.10 Å². The molecule has 1 unspecified atom stereocenters. The fourth-order valence-electron chi connectivity index (χ4n) is 4.75. The standard InChI is InChI=1S/C24H20N8O2/c33-24(23-29-28-22(34-23)17-5-1-2-9-25-17)31-11-8-16-20(27-13-26-16)21(31)18-12-19-15(14-6-7-14)4-3-10-32(19)30-18/h1-5,9-10,12-14,21H,6-8,11H2,(H,26,27). The van der Waals surface area contributed by atoms with Gasteiger partial charge >= 0.3 is 11.8 Å². The summed E-state index contributed by atoms with van der Waals surface area (Å²) in [5.74, 6) is 0.362. The third-order valence-electron chi connectivity index (χ3n) is 6.53. The Bertz CT molecular complexity index is 1510. The molecule has 1 aliphatic heterocycles. The van der Waals surface area contributed by atoms with Crippen LogP contribution in [0.15, 0.2) is 59.5 Å². The molecule has 0 bridgehead atoms. The predicted molar refractivity (Wildman–Crippen MR) is 120 cm³/mol. The van der Waals surface area contributed by atoms with Crippen LogP contribution < -0.4 is 0 Å². The molecule has 1 N–H and O–H groups in total. The van der Waals surface area contributed by atoms with Crippen molar-refractivity contribution in [2.45, 2.75) is 31.2 Å². The first kappa shape index (κ1) is 19.2. The second-order valence-corrected chi connectivity index (χ2v) is 8.68. The zero-order valence-electron chi connectivity index (χ0n) is 18.1. The van der Waals surface area contributed by atoms with Gasteiger partial charge in [0.05, 0.1) is 23.2 Å². The fourth-order valence-corrected chi connectivity index (χ4v) is 4.75. The van der Waals surface area contributed by atoms with Crippen LogP contribution in [0.4, 0.5) is 0 Å². The number of nitrogens with zero attached hydrogens (tertiary/aromatic N) is 7. The maximum absolute atomic E-state index is 13.6.